The Morgan fingerprint density at radius 3 is 2.85 bits per heavy atom. The van der Waals surface area contributed by atoms with Crippen molar-refractivity contribution in [1.82, 2.24) is 30.6 Å². The van der Waals surface area contributed by atoms with E-state index in [-0.39, 0.29) is 0 Å². The monoisotopic (exact) mass is 365 g/mol. The van der Waals surface area contributed by atoms with Crippen LogP contribution in [0.5, 0.6) is 0 Å². The number of rotatable bonds is 4. The Hall–Kier alpha value is -2.74. The molecule has 2 aliphatic heterocycles. The van der Waals surface area contributed by atoms with Gasteiger partial charge in [0.05, 0.1) is 0 Å². The lowest BCUT2D eigenvalue weighted by Gasteiger charge is -2.27. The predicted octanol–water partition coefficient (Wildman–Crippen LogP) is 2.59. The largest absolute Gasteiger partial charge is 0.357 e. The van der Waals surface area contributed by atoms with Crippen LogP contribution in [0.2, 0.25) is 0 Å². The van der Waals surface area contributed by atoms with Crippen molar-refractivity contribution in [2.75, 3.05) is 31.1 Å². The van der Waals surface area contributed by atoms with Crippen molar-refractivity contribution in [2.45, 2.75) is 31.6 Å². The summed E-state index contributed by atoms with van der Waals surface area (Å²) in [6.07, 6.45) is 6.72. The van der Waals surface area contributed by atoms with Crippen LogP contribution in [-0.2, 0) is 0 Å². The Labute approximate surface area is 157 Å². The van der Waals surface area contributed by atoms with Crippen LogP contribution in [0.25, 0.3) is 23.0 Å². The van der Waals surface area contributed by atoms with Gasteiger partial charge in [0.1, 0.15) is 5.82 Å². The fraction of sp³-hybridized carbons (Fsp3) is 0.474. The van der Waals surface area contributed by atoms with Crippen LogP contribution in [-0.4, -0.2) is 51.5 Å². The van der Waals surface area contributed by atoms with Gasteiger partial charge >= 0.3 is 0 Å². The summed E-state index contributed by atoms with van der Waals surface area (Å²) in [5, 5.41) is 14.9. The van der Waals surface area contributed by atoms with E-state index in [4.69, 9.17) is 4.52 Å². The van der Waals surface area contributed by atoms with E-state index < -0.39 is 0 Å². The minimum Gasteiger partial charge on any atom is -0.357 e. The molecule has 0 spiro atoms. The number of hydrogen-bond acceptors (Lipinski definition) is 7. The second-order valence-electron chi connectivity index (χ2n) is 7.27. The standard InChI is InChI=1S/C19H23N7O/c1-2-8-26(9-3-1)17-5-4-14(12-21-17)18-22-19(27-25-18)16-10-15(23-24-16)13-6-7-20-11-13/h4-5,10,12-13,20H,1-3,6-9,11H2,(H,23,24). The van der Waals surface area contributed by atoms with Crippen LogP contribution in [0.15, 0.2) is 28.9 Å². The van der Waals surface area contributed by atoms with Gasteiger partial charge in [0, 0.05) is 43.0 Å². The third kappa shape index (κ3) is 3.32. The summed E-state index contributed by atoms with van der Waals surface area (Å²) in [4.78, 5) is 11.4. The normalized spacial score (nSPS) is 20.3. The minimum atomic E-state index is 0.429. The molecule has 0 bridgehead atoms. The van der Waals surface area contributed by atoms with E-state index in [1.54, 1.807) is 0 Å². The minimum absolute atomic E-state index is 0.429. The molecule has 27 heavy (non-hydrogen) atoms. The summed E-state index contributed by atoms with van der Waals surface area (Å²) >= 11 is 0. The summed E-state index contributed by atoms with van der Waals surface area (Å²) in [6, 6.07) is 6.05. The predicted molar refractivity (Wildman–Crippen MR) is 101 cm³/mol. The van der Waals surface area contributed by atoms with Gasteiger partial charge in [-0.15, -0.1) is 0 Å². The van der Waals surface area contributed by atoms with Crippen LogP contribution >= 0.6 is 0 Å². The van der Waals surface area contributed by atoms with Crippen LogP contribution in [0.3, 0.4) is 0 Å². The summed E-state index contributed by atoms with van der Waals surface area (Å²) in [5.41, 5.74) is 2.65. The molecule has 2 aliphatic rings. The SMILES string of the molecule is c1cc(N2CCCCC2)ncc1-c1noc(-c2cc(C3CCNC3)[nH]n2)n1. The second-order valence-corrected chi connectivity index (χ2v) is 7.27. The number of aromatic nitrogens is 5. The van der Waals surface area contributed by atoms with E-state index in [0.29, 0.717) is 23.3 Å². The van der Waals surface area contributed by atoms with E-state index in [2.05, 4.69) is 35.5 Å². The molecule has 2 saturated heterocycles. The van der Waals surface area contributed by atoms with E-state index >= 15 is 0 Å². The number of hydrogen-bond donors (Lipinski definition) is 2. The van der Waals surface area contributed by atoms with E-state index in [1.165, 1.54) is 19.3 Å². The quantitative estimate of drug-likeness (QED) is 0.733. The molecule has 2 fully saturated rings. The van der Waals surface area contributed by atoms with Gasteiger partial charge in [0.2, 0.25) is 5.82 Å². The Kier molecular flexibility index (Phi) is 4.33. The Bertz CT molecular complexity index is 889. The number of nitrogens with one attached hydrogen (secondary N) is 2. The van der Waals surface area contributed by atoms with Crippen molar-refractivity contribution in [1.29, 1.82) is 0 Å². The number of aromatic amines is 1. The zero-order valence-electron chi connectivity index (χ0n) is 15.2. The lowest BCUT2D eigenvalue weighted by molar-refractivity contribution is 0.431. The molecule has 1 unspecified atom stereocenters. The Balaban J connectivity index is 1.33. The molecule has 8 heteroatoms. The van der Waals surface area contributed by atoms with Gasteiger partial charge < -0.3 is 14.7 Å². The molecule has 0 radical (unpaired) electrons. The lowest BCUT2D eigenvalue weighted by Crippen LogP contribution is -2.29. The van der Waals surface area contributed by atoms with Crippen molar-refractivity contribution in [3.8, 4) is 23.0 Å². The van der Waals surface area contributed by atoms with Gasteiger partial charge in [-0.2, -0.15) is 10.1 Å². The molecule has 5 heterocycles. The number of pyridine rings is 1. The average Bonchev–Trinajstić information content (AvgIpc) is 3.49. The van der Waals surface area contributed by atoms with Gasteiger partial charge in [-0.3, -0.25) is 5.10 Å². The summed E-state index contributed by atoms with van der Waals surface area (Å²) < 4.78 is 5.43. The van der Waals surface area contributed by atoms with Gasteiger partial charge in [0.25, 0.3) is 5.89 Å². The molecular formula is C19H23N7O. The molecule has 0 amide bonds. The van der Waals surface area contributed by atoms with Crippen LogP contribution in [0, 0.1) is 0 Å². The van der Waals surface area contributed by atoms with Crippen LogP contribution in [0.1, 0.15) is 37.3 Å². The maximum Gasteiger partial charge on any atom is 0.278 e. The number of H-pyrrole nitrogens is 1. The maximum absolute atomic E-state index is 5.43. The van der Waals surface area contributed by atoms with E-state index in [0.717, 1.165) is 49.7 Å². The molecule has 0 aromatic carbocycles. The Morgan fingerprint density at radius 2 is 2.07 bits per heavy atom. The number of anilines is 1. The molecule has 8 nitrogen and oxygen atoms in total. The van der Waals surface area contributed by atoms with Crippen molar-refractivity contribution in [3.63, 3.8) is 0 Å². The van der Waals surface area contributed by atoms with E-state index in [1.807, 2.05) is 24.4 Å². The number of nitrogens with zero attached hydrogens (tertiary/aromatic N) is 5. The van der Waals surface area contributed by atoms with Gasteiger partial charge in [-0.05, 0) is 50.4 Å². The van der Waals surface area contributed by atoms with Crippen molar-refractivity contribution in [3.05, 3.63) is 30.1 Å². The first-order chi connectivity index (χ1) is 13.4. The molecule has 3 aromatic rings. The van der Waals surface area contributed by atoms with Crippen molar-refractivity contribution < 1.29 is 4.52 Å². The van der Waals surface area contributed by atoms with Gasteiger partial charge in [0.15, 0.2) is 5.69 Å². The molecule has 140 valence electrons. The average molecular weight is 365 g/mol. The highest BCUT2D eigenvalue weighted by Crippen LogP contribution is 2.26. The van der Waals surface area contributed by atoms with Crippen molar-refractivity contribution >= 4 is 5.82 Å². The first-order valence-corrected chi connectivity index (χ1v) is 9.68. The zero-order valence-corrected chi connectivity index (χ0v) is 15.2. The van der Waals surface area contributed by atoms with Crippen LogP contribution in [0.4, 0.5) is 5.82 Å². The third-order valence-electron chi connectivity index (χ3n) is 5.43. The topological polar surface area (TPSA) is 95.8 Å². The molecule has 0 saturated carbocycles. The summed E-state index contributed by atoms with van der Waals surface area (Å²) in [6.45, 7) is 4.18. The highest BCUT2D eigenvalue weighted by Gasteiger charge is 2.21. The van der Waals surface area contributed by atoms with Gasteiger partial charge in [-0.25, -0.2) is 4.98 Å². The molecule has 3 aromatic heterocycles. The first-order valence-electron chi connectivity index (χ1n) is 9.68. The fourth-order valence-corrected chi connectivity index (χ4v) is 3.85. The zero-order chi connectivity index (χ0) is 18.1. The summed E-state index contributed by atoms with van der Waals surface area (Å²) in [5.74, 6) is 2.46. The fourth-order valence-electron chi connectivity index (χ4n) is 3.85. The molecule has 0 aliphatic carbocycles. The highest BCUT2D eigenvalue weighted by atomic mass is 16.5. The van der Waals surface area contributed by atoms with Gasteiger partial charge in [-0.1, -0.05) is 5.16 Å². The molecular weight excluding hydrogens is 342 g/mol. The highest BCUT2D eigenvalue weighted by molar-refractivity contribution is 5.59. The third-order valence-corrected chi connectivity index (χ3v) is 5.43. The molecule has 2 N–H and O–H groups in total. The molecule has 5 rings (SSSR count). The lowest BCUT2D eigenvalue weighted by atomic mass is 10.1. The van der Waals surface area contributed by atoms with Crippen LogP contribution < -0.4 is 10.2 Å². The Morgan fingerprint density at radius 1 is 1.15 bits per heavy atom. The second kappa shape index (κ2) is 7.11. The van der Waals surface area contributed by atoms with Crippen molar-refractivity contribution in [2.24, 2.45) is 0 Å². The smallest absolute Gasteiger partial charge is 0.278 e. The number of piperidine rings is 1. The van der Waals surface area contributed by atoms with E-state index in [9.17, 15) is 0 Å². The first kappa shape index (κ1) is 16.4. The summed E-state index contributed by atoms with van der Waals surface area (Å²) in [7, 11) is 0. The maximum atomic E-state index is 5.43. The molecule has 1 atom stereocenters.